The molecule has 0 saturated carbocycles. The zero-order chi connectivity index (χ0) is 25.8. The Balaban J connectivity index is 1.40. The Morgan fingerprint density at radius 1 is 1.00 bits per heavy atom. The van der Waals surface area contributed by atoms with Gasteiger partial charge in [0, 0.05) is 54.6 Å². The lowest BCUT2D eigenvalue weighted by atomic mass is 10.1. The molecule has 1 saturated heterocycles. The summed E-state index contributed by atoms with van der Waals surface area (Å²) in [6.07, 6.45) is 4.05. The molecule has 0 radical (unpaired) electrons. The van der Waals surface area contributed by atoms with Crippen LogP contribution in [0.2, 0.25) is 0 Å². The maximum atomic E-state index is 13.3. The molecular formula is C28H27N5O3S. The molecule has 2 aromatic carbocycles. The molecule has 9 heteroatoms. The highest BCUT2D eigenvalue weighted by atomic mass is 32.1. The second-order valence-electron chi connectivity index (χ2n) is 8.89. The molecular weight excluding hydrogens is 486 g/mol. The molecule has 3 heterocycles. The fourth-order valence-corrected chi connectivity index (χ4v) is 5.10. The summed E-state index contributed by atoms with van der Waals surface area (Å²) in [6, 6.07) is 17.1. The van der Waals surface area contributed by atoms with E-state index in [9.17, 15) is 14.4 Å². The Labute approximate surface area is 218 Å². The number of anilines is 1. The monoisotopic (exact) mass is 513 g/mol. The number of carbonyl (C=O) groups excluding carboxylic acids is 3. The van der Waals surface area contributed by atoms with E-state index in [0.29, 0.717) is 37.4 Å². The minimum Gasteiger partial charge on any atom is -0.339 e. The molecule has 188 valence electrons. The third-order valence-electron chi connectivity index (χ3n) is 6.42. The van der Waals surface area contributed by atoms with Gasteiger partial charge in [0.15, 0.2) is 0 Å². The Morgan fingerprint density at radius 2 is 1.78 bits per heavy atom. The van der Waals surface area contributed by atoms with Crippen molar-refractivity contribution in [3.63, 3.8) is 0 Å². The number of H-pyrrole nitrogens is 1. The molecule has 3 amide bonds. The molecule has 5 rings (SSSR count). The summed E-state index contributed by atoms with van der Waals surface area (Å²) in [5, 5.41) is 13.4. The molecule has 0 bridgehead atoms. The number of rotatable bonds is 6. The number of nitrogens with one attached hydrogen (secondary N) is 2. The molecule has 0 unspecified atom stereocenters. The van der Waals surface area contributed by atoms with Gasteiger partial charge in [-0.2, -0.15) is 5.10 Å². The number of aromatic amines is 1. The zero-order valence-corrected chi connectivity index (χ0v) is 21.3. The summed E-state index contributed by atoms with van der Waals surface area (Å²) >= 11 is 1.53. The van der Waals surface area contributed by atoms with Crippen LogP contribution in [0.3, 0.4) is 0 Å². The summed E-state index contributed by atoms with van der Waals surface area (Å²) in [7, 11) is 0. The number of amides is 3. The van der Waals surface area contributed by atoms with Crippen LogP contribution in [0.1, 0.15) is 33.4 Å². The van der Waals surface area contributed by atoms with Crippen LogP contribution in [-0.4, -0.2) is 63.9 Å². The minimum absolute atomic E-state index is 0.0173. The number of para-hydroxylation sites is 1. The van der Waals surface area contributed by atoms with Gasteiger partial charge in [0.05, 0.1) is 17.6 Å². The first-order chi connectivity index (χ1) is 18.0. The highest BCUT2D eigenvalue weighted by molar-refractivity contribution is 7.10. The average molecular weight is 514 g/mol. The predicted molar refractivity (Wildman–Crippen MR) is 146 cm³/mol. The van der Waals surface area contributed by atoms with Crippen molar-refractivity contribution in [2.24, 2.45) is 0 Å². The topological polar surface area (TPSA) is 98.4 Å². The van der Waals surface area contributed by atoms with Gasteiger partial charge in [0.1, 0.15) is 0 Å². The van der Waals surface area contributed by atoms with Gasteiger partial charge < -0.3 is 15.1 Å². The van der Waals surface area contributed by atoms with Crippen LogP contribution in [0.15, 0.2) is 60.0 Å². The lowest BCUT2D eigenvalue weighted by molar-refractivity contribution is -0.130. The lowest BCUT2D eigenvalue weighted by Crippen LogP contribution is -2.50. The number of fused-ring (bicyclic) bond motifs is 1. The zero-order valence-electron chi connectivity index (χ0n) is 20.4. The Hall–Kier alpha value is -4.24. The fraction of sp³-hybridized carbons (Fsp3) is 0.214. The van der Waals surface area contributed by atoms with E-state index >= 15 is 0 Å². The summed E-state index contributed by atoms with van der Waals surface area (Å²) in [5.74, 6) is -0.253. The van der Waals surface area contributed by atoms with Crippen molar-refractivity contribution in [2.45, 2.75) is 13.3 Å². The molecule has 0 spiro atoms. The van der Waals surface area contributed by atoms with Crippen molar-refractivity contribution >= 4 is 57.8 Å². The van der Waals surface area contributed by atoms with E-state index in [2.05, 4.69) is 15.5 Å². The quantitative estimate of drug-likeness (QED) is 0.402. The maximum Gasteiger partial charge on any atom is 0.254 e. The van der Waals surface area contributed by atoms with Gasteiger partial charge in [0.25, 0.3) is 5.91 Å². The van der Waals surface area contributed by atoms with Crippen LogP contribution in [-0.2, 0) is 16.0 Å². The highest BCUT2D eigenvalue weighted by Crippen LogP contribution is 2.24. The summed E-state index contributed by atoms with van der Waals surface area (Å²) in [5.41, 5.74) is 3.55. The Morgan fingerprint density at radius 3 is 2.54 bits per heavy atom. The van der Waals surface area contributed by atoms with Gasteiger partial charge in [-0.05, 0) is 41.3 Å². The van der Waals surface area contributed by atoms with Crippen molar-refractivity contribution in [1.29, 1.82) is 0 Å². The molecule has 0 aliphatic carbocycles. The molecule has 1 aliphatic heterocycles. The summed E-state index contributed by atoms with van der Waals surface area (Å²) < 4.78 is 0. The van der Waals surface area contributed by atoms with Crippen molar-refractivity contribution in [2.75, 3.05) is 31.5 Å². The molecule has 8 nitrogen and oxygen atoms in total. The first kappa shape index (κ1) is 24.5. The van der Waals surface area contributed by atoms with E-state index in [1.54, 1.807) is 28.9 Å². The van der Waals surface area contributed by atoms with E-state index in [-0.39, 0.29) is 24.1 Å². The first-order valence-corrected chi connectivity index (χ1v) is 13.0. The summed E-state index contributed by atoms with van der Waals surface area (Å²) in [4.78, 5) is 42.2. The number of nitrogens with zero attached hydrogens (tertiary/aromatic N) is 3. The third-order valence-corrected chi connectivity index (χ3v) is 7.30. The van der Waals surface area contributed by atoms with Crippen LogP contribution in [0.4, 0.5) is 5.69 Å². The number of aromatic nitrogens is 2. The van der Waals surface area contributed by atoms with Gasteiger partial charge in [-0.15, -0.1) is 11.3 Å². The SMILES string of the molecule is CC(=O)N1CCN(C(=O)c2ccc(C=Cc3n[nH]c4ccccc34)c(NC(=O)Cc3cccs3)c2)CC1. The normalized spacial score (nSPS) is 13.9. The van der Waals surface area contributed by atoms with Crippen LogP contribution in [0.25, 0.3) is 23.1 Å². The number of hydrogen-bond donors (Lipinski definition) is 2. The molecule has 2 aromatic heterocycles. The second kappa shape index (κ2) is 10.8. The second-order valence-corrected chi connectivity index (χ2v) is 9.92. The van der Waals surface area contributed by atoms with Gasteiger partial charge >= 0.3 is 0 Å². The van der Waals surface area contributed by atoms with Gasteiger partial charge in [-0.1, -0.05) is 36.4 Å². The summed E-state index contributed by atoms with van der Waals surface area (Å²) in [6.45, 7) is 3.53. The molecule has 37 heavy (non-hydrogen) atoms. The van der Waals surface area contributed by atoms with Crippen LogP contribution in [0, 0.1) is 0 Å². The van der Waals surface area contributed by atoms with Crippen molar-refractivity contribution in [1.82, 2.24) is 20.0 Å². The van der Waals surface area contributed by atoms with Gasteiger partial charge in [-0.3, -0.25) is 19.5 Å². The standard InChI is InChI=1S/C28H27N5O3S/c1-19(34)32-12-14-33(15-13-32)28(36)21-9-8-20(10-11-25-23-6-2-3-7-24(23)30-31-25)26(17-21)29-27(35)18-22-5-4-16-37-22/h2-11,16-17H,12-15,18H2,1H3,(H,29,35)(H,30,31). The van der Waals surface area contributed by atoms with Crippen molar-refractivity contribution in [3.05, 3.63) is 81.7 Å². The van der Waals surface area contributed by atoms with Crippen LogP contribution < -0.4 is 5.32 Å². The van der Waals surface area contributed by atoms with Crippen LogP contribution in [0.5, 0.6) is 0 Å². The first-order valence-electron chi connectivity index (χ1n) is 12.1. The van der Waals surface area contributed by atoms with Crippen molar-refractivity contribution < 1.29 is 14.4 Å². The van der Waals surface area contributed by atoms with Crippen LogP contribution >= 0.6 is 11.3 Å². The minimum atomic E-state index is -0.151. The molecule has 1 fully saturated rings. The Kier molecular flexibility index (Phi) is 7.14. The number of hydrogen-bond acceptors (Lipinski definition) is 5. The van der Waals surface area contributed by atoms with E-state index in [0.717, 1.165) is 27.0 Å². The highest BCUT2D eigenvalue weighted by Gasteiger charge is 2.24. The van der Waals surface area contributed by atoms with E-state index in [1.807, 2.05) is 60.0 Å². The molecule has 1 aliphatic rings. The van der Waals surface area contributed by atoms with E-state index < -0.39 is 0 Å². The lowest BCUT2D eigenvalue weighted by Gasteiger charge is -2.34. The number of benzene rings is 2. The van der Waals surface area contributed by atoms with Gasteiger partial charge in [0.2, 0.25) is 11.8 Å². The molecule has 2 N–H and O–H groups in total. The number of piperazine rings is 1. The molecule has 0 atom stereocenters. The maximum absolute atomic E-state index is 13.3. The van der Waals surface area contributed by atoms with E-state index in [1.165, 1.54) is 11.3 Å². The van der Waals surface area contributed by atoms with Crippen molar-refractivity contribution in [3.8, 4) is 0 Å². The number of carbonyl (C=O) groups is 3. The van der Waals surface area contributed by atoms with E-state index in [4.69, 9.17) is 0 Å². The fourth-order valence-electron chi connectivity index (χ4n) is 4.40. The predicted octanol–water partition coefficient (Wildman–Crippen LogP) is 4.28. The largest absolute Gasteiger partial charge is 0.339 e. The molecule has 4 aromatic rings. The third kappa shape index (κ3) is 5.62. The smallest absolute Gasteiger partial charge is 0.254 e. The van der Waals surface area contributed by atoms with Gasteiger partial charge in [-0.25, -0.2) is 0 Å². The Bertz CT molecular complexity index is 1470. The average Bonchev–Trinajstić information content (AvgIpc) is 3.57. The number of thiophene rings is 1.